The molecule has 7 nitrogen and oxygen atoms in total. The highest BCUT2D eigenvalue weighted by molar-refractivity contribution is 5.96. The second-order valence-corrected chi connectivity index (χ2v) is 6.09. The highest BCUT2D eigenvalue weighted by Crippen LogP contribution is 2.25. The van der Waals surface area contributed by atoms with Crippen molar-refractivity contribution in [1.82, 2.24) is 0 Å². The molecule has 0 radical (unpaired) electrons. The molecule has 1 unspecified atom stereocenters. The number of ketones is 1. The van der Waals surface area contributed by atoms with Gasteiger partial charge in [0, 0.05) is 12.0 Å². The Labute approximate surface area is 171 Å². The number of benzene rings is 2. The third kappa shape index (κ3) is 6.84. The Morgan fingerprint density at radius 1 is 1.03 bits per heavy atom. The molecule has 0 fully saturated rings. The highest BCUT2D eigenvalue weighted by Gasteiger charge is 2.20. The van der Waals surface area contributed by atoms with Crippen LogP contribution in [-0.4, -0.2) is 37.0 Å². The van der Waals surface area contributed by atoms with Crippen LogP contribution in [0.15, 0.2) is 48.5 Å². The number of alkyl halides is 2. The van der Waals surface area contributed by atoms with E-state index in [1.54, 1.807) is 31.2 Å². The first-order valence-corrected chi connectivity index (χ1v) is 9.10. The summed E-state index contributed by atoms with van der Waals surface area (Å²) in [5, 5.41) is 2.37. The number of Topliss-reactive ketones (excluding diaryl/α,β-unsaturated/α-hetero) is 1. The Hall–Kier alpha value is -3.49. The average molecular weight is 421 g/mol. The van der Waals surface area contributed by atoms with Crippen LogP contribution < -0.4 is 14.8 Å². The Morgan fingerprint density at radius 3 is 2.33 bits per heavy atom. The van der Waals surface area contributed by atoms with E-state index >= 15 is 0 Å². The molecular formula is C21H21F2NO6. The first kappa shape index (κ1) is 22.8. The molecule has 160 valence electrons. The zero-order chi connectivity index (χ0) is 22.1. The third-order valence-electron chi connectivity index (χ3n) is 3.89. The molecule has 0 aliphatic heterocycles. The second-order valence-electron chi connectivity index (χ2n) is 6.09. The minimum atomic E-state index is -3.05. The molecule has 0 spiro atoms. The monoisotopic (exact) mass is 421 g/mol. The normalized spacial score (nSPS) is 11.5. The number of anilines is 1. The summed E-state index contributed by atoms with van der Waals surface area (Å²) < 4.78 is 39.5. The van der Waals surface area contributed by atoms with Gasteiger partial charge < -0.3 is 19.5 Å². The summed E-state index contributed by atoms with van der Waals surface area (Å²) in [5.74, 6) is -1.40. The lowest BCUT2D eigenvalue weighted by Gasteiger charge is -2.16. The van der Waals surface area contributed by atoms with Gasteiger partial charge in [-0.2, -0.15) is 8.78 Å². The van der Waals surface area contributed by atoms with Crippen LogP contribution in [0.25, 0.3) is 0 Å². The number of carbonyl (C=O) groups is 3. The summed E-state index contributed by atoms with van der Waals surface area (Å²) in [7, 11) is 0. The second kappa shape index (κ2) is 10.9. The van der Waals surface area contributed by atoms with E-state index in [1.807, 2.05) is 0 Å². The number of nitrogens with one attached hydrogen (secondary N) is 1. The number of hydrogen-bond acceptors (Lipinski definition) is 6. The molecule has 0 saturated heterocycles. The minimum Gasteiger partial charge on any atom is -0.482 e. The molecule has 0 aliphatic rings. The van der Waals surface area contributed by atoms with Crippen LogP contribution in [-0.2, 0) is 14.3 Å². The molecule has 0 bridgehead atoms. The van der Waals surface area contributed by atoms with E-state index in [2.05, 4.69) is 10.1 Å². The summed E-state index contributed by atoms with van der Waals surface area (Å²) in [6.07, 6.45) is -0.823. The van der Waals surface area contributed by atoms with Gasteiger partial charge in [-0.15, -0.1) is 0 Å². The molecule has 2 rings (SSSR count). The van der Waals surface area contributed by atoms with Gasteiger partial charge >= 0.3 is 12.6 Å². The fraction of sp³-hybridized carbons (Fsp3) is 0.286. The van der Waals surface area contributed by atoms with Crippen LogP contribution in [0, 0.1) is 0 Å². The molecule has 30 heavy (non-hydrogen) atoms. The fourth-order valence-electron chi connectivity index (χ4n) is 2.37. The van der Waals surface area contributed by atoms with Gasteiger partial charge in [0.2, 0.25) is 0 Å². The molecule has 0 aromatic heterocycles. The molecule has 2 aromatic rings. The van der Waals surface area contributed by atoms with Crippen molar-refractivity contribution in [2.75, 3.05) is 11.9 Å². The largest absolute Gasteiger partial charge is 0.482 e. The maximum atomic E-state index is 12.4. The zero-order valence-corrected chi connectivity index (χ0v) is 16.4. The van der Waals surface area contributed by atoms with Gasteiger partial charge in [0.05, 0.1) is 5.69 Å². The van der Waals surface area contributed by atoms with E-state index in [9.17, 15) is 23.2 Å². The van der Waals surface area contributed by atoms with Gasteiger partial charge in [-0.25, -0.2) is 4.79 Å². The minimum absolute atomic E-state index is 0.0127. The number of ether oxygens (including phenoxy) is 3. The molecule has 1 atom stereocenters. The SMILES string of the molecule is CCC(=O)c1ccc(OCC(=O)OC(C)C(=O)Nc2ccccc2OC(F)F)cc1. The molecule has 1 amide bonds. The lowest BCUT2D eigenvalue weighted by atomic mass is 10.1. The molecule has 1 N–H and O–H groups in total. The molecule has 9 heteroatoms. The van der Waals surface area contributed by atoms with E-state index in [4.69, 9.17) is 9.47 Å². The molecule has 2 aromatic carbocycles. The van der Waals surface area contributed by atoms with Crippen molar-refractivity contribution in [3.05, 3.63) is 54.1 Å². The van der Waals surface area contributed by atoms with Crippen LogP contribution in [0.5, 0.6) is 11.5 Å². The number of hydrogen-bond donors (Lipinski definition) is 1. The molecule has 0 saturated carbocycles. The van der Waals surface area contributed by atoms with E-state index in [-0.39, 0.29) is 17.2 Å². The van der Waals surface area contributed by atoms with Gasteiger partial charge in [0.25, 0.3) is 5.91 Å². The predicted molar refractivity (Wildman–Crippen MR) is 104 cm³/mol. The van der Waals surface area contributed by atoms with Crippen molar-refractivity contribution in [2.24, 2.45) is 0 Å². The Kier molecular flexibility index (Phi) is 8.28. The quantitative estimate of drug-likeness (QED) is 0.463. The van der Waals surface area contributed by atoms with E-state index < -0.39 is 31.2 Å². The Morgan fingerprint density at radius 2 is 1.70 bits per heavy atom. The van der Waals surface area contributed by atoms with Crippen LogP contribution >= 0.6 is 0 Å². The van der Waals surface area contributed by atoms with Crippen molar-refractivity contribution < 1.29 is 37.4 Å². The highest BCUT2D eigenvalue weighted by atomic mass is 19.3. The van der Waals surface area contributed by atoms with Gasteiger partial charge in [-0.3, -0.25) is 9.59 Å². The Bertz CT molecular complexity index is 885. The molecule has 0 heterocycles. The number of para-hydroxylation sites is 2. The number of carbonyl (C=O) groups excluding carboxylic acids is 3. The van der Waals surface area contributed by atoms with E-state index in [0.29, 0.717) is 17.7 Å². The van der Waals surface area contributed by atoms with Crippen molar-refractivity contribution in [2.45, 2.75) is 33.0 Å². The summed E-state index contributed by atoms with van der Waals surface area (Å²) >= 11 is 0. The zero-order valence-electron chi connectivity index (χ0n) is 16.4. The van der Waals surface area contributed by atoms with Gasteiger partial charge in [-0.05, 0) is 43.3 Å². The van der Waals surface area contributed by atoms with Crippen LogP contribution in [0.4, 0.5) is 14.5 Å². The summed E-state index contributed by atoms with van der Waals surface area (Å²) in [4.78, 5) is 35.7. The van der Waals surface area contributed by atoms with E-state index in [0.717, 1.165) is 0 Å². The maximum Gasteiger partial charge on any atom is 0.387 e. The van der Waals surface area contributed by atoms with Crippen LogP contribution in [0.2, 0.25) is 0 Å². The first-order chi connectivity index (χ1) is 14.3. The van der Waals surface area contributed by atoms with E-state index in [1.165, 1.54) is 31.2 Å². The third-order valence-corrected chi connectivity index (χ3v) is 3.89. The maximum absolute atomic E-state index is 12.4. The number of rotatable bonds is 10. The van der Waals surface area contributed by atoms with Crippen LogP contribution in [0.1, 0.15) is 30.6 Å². The van der Waals surface area contributed by atoms with Gasteiger partial charge in [0.15, 0.2) is 18.5 Å². The van der Waals surface area contributed by atoms with Crippen molar-refractivity contribution >= 4 is 23.3 Å². The van der Waals surface area contributed by atoms with Crippen molar-refractivity contribution in [3.63, 3.8) is 0 Å². The predicted octanol–water partition coefficient (Wildman–Crippen LogP) is 3.83. The molecular weight excluding hydrogens is 400 g/mol. The summed E-state index contributed by atoms with van der Waals surface area (Å²) in [6, 6.07) is 11.9. The van der Waals surface area contributed by atoms with Crippen molar-refractivity contribution in [3.8, 4) is 11.5 Å². The average Bonchev–Trinajstić information content (AvgIpc) is 2.73. The van der Waals surface area contributed by atoms with Gasteiger partial charge in [-0.1, -0.05) is 19.1 Å². The standard InChI is InChI=1S/C21H21F2NO6/c1-3-17(25)14-8-10-15(11-9-14)28-12-19(26)29-13(2)20(27)24-16-6-4-5-7-18(16)30-21(22)23/h4-11,13,21H,3,12H2,1-2H3,(H,24,27). The van der Waals surface area contributed by atoms with Gasteiger partial charge in [0.1, 0.15) is 11.5 Å². The summed E-state index contributed by atoms with van der Waals surface area (Å²) in [6.45, 7) is -0.423. The van der Waals surface area contributed by atoms with Crippen molar-refractivity contribution in [1.29, 1.82) is 0 Å². The lowest BCUT2D eigenvalue weighted by Crippen LogP contribution is -2.31. The number of amides is 1. The van der Waals surface area contributed by atoms with Crippen LogP contribution in [0.3, 0.4) is 0 Å². The first-order valence-electron chi connectivity index (χ1n) is 9.10. The lowest BCUT2D eigenvalue weighted by molar-refractivity contribution is -0.155. The molecule has 0 aliphatic carbocycles. The summed E-state index contributed by atoms with van der Waals surface area (Å²) in [5.41, 5.74) is 0.553. The number of esters is 1. The topological polar surface area (TPSA) is 90.9 Å². The number of halogens is 2. The Balaban J connectivity index is 1.85. The fourth-order valence-corrected chi connectivity index (χ4v) is 2.37. The smallest absolute Gasteiger partial charge is 0.387 e.